The van der Waals surface area contributed by atoms with Crippen LogP contribution in [0.4, 0.5) is 17.6 Å². The van der Waals surface area contributed by atoms with E-state index in [4.69, 9.17) is 11.6 Å². The normalized spacial score (nSPS) is 12.6. The molecule has 0 bridgehead atoms. The number of hydrogen-bond donors (Lipinski definition) is 1. The monoisotopic (exact) mass is 473 g/mol. The summed E-state index contributed by atoms with van der Waals surface area (Å²) in [5.74, 6) is -1.22. The standard InChI is InChI=1S/C20H12ClF4NO4S/c21-12-4-1-10(2-5-12)14(27)9-17-26-18(28)16(31-17)7-11-3-6-13(29-19(22)23)8-15(11)30-20(24)25/h1-9,19-20H,(H,26,28)/b16-7-,17-9-. The summed E-state index contributed by atoms with van der Waals surface area (Å²) >= 11 is 6.69. The second-order valence-electron chi connectivity index (χ2n) is 5.90. The van der Waals surface area contributed by atoms with E-state index in [1.54, 1.807) is 12.1 Å². The first-order valence-electron chi connectivity index (χ1n) is 8.47. The van der Waals surface area contributed by atoms with E-state index in [1.165, 1.54) is 30.4 Å². The lowest BCUT2D eigenvalue weighted by Crippen LogP contribution is -2.20. The van der Waals surface area contributed by atoms with Crippen LogP contribution in [0.25, 0.3) is 12.2 Å². The minimum absolute atomic E-state index is 0.0323. The lowest BCUT2D eigenvalue weighted by Gasteiger charge is -2.10. The number of Topliss-reactive ketones (excluding diaryl/α,β-unsaturated/α-hetero) is 1. The van der Waals surface area contributed by atoms with Crippen molar-refractivity contribution in [3.05, 3.63) is 78.2 Å². The number of rotatable bonds is 7. The average molecular weight is 474 g/mol. The Morgan fingerprint density at radius 3 is 2.35 bits per heavy atom. The van der Waals surface area contributed by atoms with Crippen molar-refractivity contribution in [2.45, 2.75) is 13.2 Å². The summed E-state index contributed by atoms with van der Waals surface area (Å²) < 4.78 is 59.0. The topological polar surface area (TPSA) is 68.4 Å². The maximum atomic E-state index is 12.7. The number of nitrogens with one attached hydrogen (secondary N) is 1. The fraction of sp³-hybridized carbons (Fsp3) is 0.100. The third-order valence-electron chi connectivity index (χ3n) is 3.78. The van der Waals surface area contributed by atoms with Gasteiger partial charge in [-0.3, -0.25) is 9.59 Å². The molecule has 31 heavy (non-hydrogen) atoms. The first-order chi connectivity index (χ1) is 14.7. The summed E-state index contributed by atoms with van der Waals surface area (Å²) in [7, 11) is 0. The molecule has 0 saturated heterocycles. The molecule has 0 fully saturated rings. The van der Waals surface area contributed by atoms with E-state index in [2.05, 4.69) is 14.5 Å². The van der Waals surface area contributed by atoms with Crippen molar-refractivity contribution in [1.29, 1.82) is 0 Å². The van der Waals surface area contributed by atoms with Crippen molar-refractivity contribution in [1.82, 2.24) is 4.98 Å². The molecule has 2 aromatic carbocycles. The Hall–Kier alpha value is -3.11. The second-order valence-corrected chi connectivity index (χ2v) is 7.42. The zero-order valence-corrected chi connectivity index (χ0v) is 16.9. The molecular formula is C20H12ClF4NO4S. The van der Waals surface area contributed by atoms with Crippen LogP contribution in [0.1, 0.15) is 15.9 Å². The molecule has 0 atom stereocenters. The second kappa shape index (κ2) is 9.80. The van der Waals surface area contributed by atoms with E-state index in [0.717, 1.165) is 23.5 Å². The fourth-order valence-corrected chi connectivity index (χ4v) is 3.49. The van der Waals surface area contributed by atoms with E-state index in [9.17, 15) is 27.2 Å². The maximum Gasteiger partial charge on any atom is 0.387 e. The molecule has 11 heteroatoms. The molecule has 0 aliphatic carbocycles. The van der Waals surface area contributed by atoms with Gasteiger partial charge >= 0.3 is 13.2 Å². The van der Waals surface area contributed by atoms with Gasteiger partial charge in [-0.1, -0.05) is 11.6 Å². The molecule has 3 aromatic rings. The number of aromatic amines is 1. The van der Waals surface area contributed by atoms with Gasteiger partial charge in [0.05, 0.1) is 9.20 Å². The van der Waals surface area contributed by atoms with Crippen molar-refractivity contribution in [3.63, 3.8) is 0 Å². The van der Waals surface area contributed by atoms with Crippen LogP contribution in [0.3, 0.4) is 0 Å². The molecule has 0 radical (unpaired) electrons. The van der Waals surface area contributed by atoms with Gasteiger partial charge in [0.15, 0.2) is 5.78 Å². The number of alkyl halides is 4. The summed E-state index contributed by atoms with van der Waals surface area (Å²) in [6, 6.07) is 9.32. The molecule has 1 heterocycles. The summed E-state index contributed by atoms with van der Waals surface area (Å²) in [5, 5.41) is 0.463. The van der Waals surface area contributed by atoms with Crippen molar-refractivity contribution < 1.29 is 31.8 Å². The van der Waals surface area contributed by atoms with E-state index in [1.807, 2.05) is 0 Å². The summed E-state index contributed by atoms with van der Waals surface area (Å²) in [6.45, 7) is -6.37. The zero-order chi connectivity index (χ0) is 22.5. The van der Waals surface area contributed by atoms with Crippen LogP contribution < -0.4 is 24.2 Å². The number of aromatic nitrogens is 1. The van der Waals surface area contributed by atoms with E-state index >= 15 is 0 Å². The third kappa shape index (κ3) is 6.19. The molecule has 3 rings (SSSR count). The molecule has 0 saturated carbocycles. The minimum atomic E-state index is -3.23. The van der Waals surface area contributed by atoms with Crippen molar-refractivity contribution in [2.24, 2.45) is 0 Å². The summed E-state index contributed by atoms with van der Waals surface area (Å²) in [6.07, 6.45) is 2.44. The number of carbonyl (C=O) groups is 1. The first kappa shape index (κ1) is 22.6. The lowest BCUT2D eigenvalue weighted by atomic mass is 10.1. The predicted octanol–water partition coefficient (Wildman–Crippen LogP) is 3.78. The number of benzene rings is 2. The highest BCUT2D eigenvalue weighted by Gasteiger charge is 2.13. The van der Waals surface area contributed by atoms with Crippen LogP contribution in [-0.4, -0.2) is 24.0 Å². The first-order valence-corrected chi connectivity index (χ1v) is 9.67. The van der Waals surface area contributed by atoms with Crippen LogP contribution in [0.15, 0.2) is 47.3 Å². The zero-order valence-electron chi connectivity index (χ0n) is 15.3. The fourth-order valence-electron chi connectivity index (χ4n) is 2.49. The minimum Gasteiger partial charge on any atom is -0.435 e. The van der Waals surface area contributed by atoms with Crippen LogP contribution in [0.2, 0.25) is 5.02 Å². The summed E-state index contributed by atoms with van der Waals surface area (Å²) in [4.78, 5) is 27.0. The van der Waals surface area contributed by atoms with Gasteiger partial charge in [0.2, 0.25) is 0 Å². The van der Waals surface area contributed by atoms with E-state index in [0.29, 0.717) is 10.6 Å². The lowest BCUT2D eigenvalue weighted by molar-refractivity contribution is -0.0543. The Morgan fingerprint density at radius 2 is 1.71 bits per heavy atom. The Balaban J connectivity index is 1.99. The molecule has 0 aliphatic heterocycles. The molecular weight excluding hydrogens is 462 g/mol. The van der Waals surface area contributed by atoms with Gasteiger partial charge in [-0.05, 0) is 42.5 Å². The maximum absolute atomic E-state index is 12.7. The number of ketones is 1. The Kier molecular flexibility index (Phi) is 7.13. The van der Waals surface area contributed by atoms with Crippen LogP contribution in [-0.2, 0) is 0 Å². The van der Waals surface area contributed by atoms with Crippen LogP contribution in [0, 0.1) is 0 Å². The molecule has 162 valence electrons. The molecule has 0 spiro atoms. The Labute approximate surface area is 180 Å². The number of ether oxygens (including phenoxy) is 2. The predicted molar refractivity (Wildman–Crippen MR) is 108 cm³/mol. The molecule has 1 aromatic heterocycles. The molecule has 1 N–H and O–H groups in total. The quantitative estimate of drug-likeness (QED) is 0.419. The van der Waals surface area contributed by atoms with Gasteiger partial charge in [0.25, 0.3) is 5.56 Å². The van der Waals surface area contributed by atoms with Gasteiger partial charge in [0, 0.05) is 28.3 Å². The number of thiazole rings is 1. The van der Waals surface area contributed by atoms with Crippen LogP contribution >= 0.6 is 22.9 Å². The Bertz CT molecular complexity index is 1260. The van der Waals surface area contributed by atoms with Crippen molar-refractivity contribution in [2.75, 3.05) is 0 Å². The van der Waals surface area contributed by atoms with E-state index < -0.39 is 24.5 Å². The number of halogens is 5. The van der Waals surface area contributed by atoms with Crippen molar-refractivity contribution >= 4 is 40.9 Å². The SMILES string of the molecule is O=C(/C=c1/[nH]c(=O)/c(=C/c2ccc(OC(F)F)cc2OC(F)F)s1)c1ccc(Cl)cc1. The highest BCUT2D eigenvalue weighted by molar-refractivity contribution is 7.07. The molecule has 0 amide bonds. The van der Waals surface area contributed by atoms with E-state index in [-0.39, 0.29) is 26.3 Å². The van der Waals surface area contributed by atoms with Gasteiger partial charge in [-0.2, -0.15) is 17.6 Å². The number of carbonyl (C=O) groups excluding carboxylic acids is 1. The smallest absolute Gasteiger partial charge is 0.387 e. The number of hydrogen-bond acceptors (Lipinski definition) is 5. The van der Waals surface area contributed by atoms with Crippen LogP contribution in [0.5, 0.6) is 11.5 Å². The Morgan fingerprint density at radius 1 is 1.03 bits per heavy atom. The molecule has 0 unspecified atom stereocenters. The molecule has 0 aliphatic rings. The summed E-state index contributed by atoms with van der Waals surface area (Å²) in [5.41, 5.74) is -0.188. The van der Waals surface area contributed by atoms with Gasteiger partial charge < -0.3 is 14.5 Å². The largest absolute Gasteiger partial charge is 0.435 e. The van der Waals surface area contributed by atoms with Crippen molar-refractivity contribution in [3.8, 4) is 11.5 Å². The van der Waals surface area contributed by atoms with Gasteiger partial charge in [0.1, 0.15) is 11.5 Å². The third-order valence-corrected chi connectivity index (χ3v) is 5.00. The van der Waals surface area contributed by atoms with Gasteiger partial charge in [-0.25, -0.2) is 0 Å². The molecule has 5 nitrogen and oxygen atoms in total. The number of H-pyrrole nitrogens is 1. The highest BCUT2D eigenvalue weighted by atomic mass is 35.5. The average Bonchev–Trinajstić information content (AvgIpc) is 3.02. The highest BCUT2D eigenvalue weighted by Crippen LogP contribution is 2.28. The van der Waals surface area contributed by atoms with Gasteiger partial charge in [-0.15, -0.1) is 11.3 Å².